The zero-order valence-corrected chi connectivity index (χ0v) is 13.3. The zero-order valence-electron chi connectivity index (χ0n) is 13.3. The molecule has 0 rings (SSSR count). The van der Waals surface area contributed by atoms with Crippen LogP contribution in [0.4, 0.5) is 0 Å². The highest BCUT2D eigenvalue weighted by Crippen LogP contribution is 2.03. The lowest BCUT2D eigenvalue weighted by Gasteiger charge is -2.04. The van der Waals surface area contributed by atoms with Crippen LogP contribution in [0.5, 0.6) is 0 Å². The lowest BCUT2D eigenvalue weighted by Crippen LogP contribution is -2.06. The van der Waals surface area contributed by atoms with Gasteiger partial charge in [0.2, 0.25) is 0 Å². The first-order valence-corrected chi connectivity index (χ1v) is 8.22. The highest BCUT2D eigenvalue weighted by molar-refractivity contribution is 5.78. The van der Waals surface area contributed by atoms with Gasteiger partial charge in [0.15, 0.2) is 0 Å². The van der Waals surface area contributed by atoms with Crippen LogP contribution in [0.15, 0.2) is 0 Å². The molecule has 4 N–H and O–H groups in total. The minimum absolute atomic E-state index is 0.294. The van der Waals surface area contributed by atoms with Crippen molar-refractivity contribution in [3.63, 3.8) is 0 Å². The summed E-state index contributed by atoms with van der Waals surface area (Å²) in [5.41, 5.74) is 10.8. The minimum atomic E-state index is 0.294. The molecule has 5 heteroatoms. The second-order valence-corrected chi connectivity index (χ2v) is 5.39. The van der Waals surface area contributed by atoms with Crippen molar-refractivity contribution in [3.8, 4) is 0 Å². The molecule has 0 bridgehead atoms. The van der Waals surface area contributed by atoms with Crippen LogP contribution in [0.25, 0.3) is 0 Å². The first-order chi connectivity index (χ1) is 10.2. The van der Waals surface area contributed by atoms with Gasteiger partial charge < -0.3 is 16.2 Å². The Balaban J connectivity index is 3.24. The SMILES string of the molecule is NCCCCC(=O)CCCOCCCC(=O)CCCCN. The molecule has 0 saturated heterocycles. The predicted octanol–water partition coefficient (Wildman–Crippen LogP) is 1.96. The highest BCUT2D eigenvalue weighted by Gasteiger charge is 2.03. The summed E-state index contributed by atoms with van der Waals surface area (Å²) in [6.07, 6.45) is 7.60. The number of rotatable bonds is 16. The summed E-state index contributed by atoms with van der Waals surface area (Å²) in [6, 6.07) is 0. The molecule has 0 fully saturated rings. The van der Waals surface area contributed by atoms with Crippen molar-refractivity contribution < 1.29 is 14.3 Å². The summed E-state index contributed by atoms with van der Waals surface area (Å²) >= 11 is 0. The van der Waals surface area contributed by atoms with Crippen molar-refractivity contribution in [2.45, 2.75) is 64.2 Å². The van der Waals surface area contributed by atoms with E-state index in [-0.39, 0.29) is 0 Å². The fraction of sp³-hybridized carbons (Fsp3) is 0.875. The van der Waals surface area contributed by atoms with E-state index in [0.29, 0.717) is 63.6 Å². The number of hydrogen-bond donors (Lipinski definition) is 2. The second kappa shape index (κ2) is 15.6. The molecule has 0 saturated carbocycles. The number of ketones is 2. The van der Waals surface area contributed by atoms with E-state index in [0.717, 1.165) is 38.5 Å². The van der Waals surface area contributed by atoms with Crippen molar-refractivity contribution in [2.24, 2.45) is 11.5 Å². The average Bonchev–Trinajstić information content (AvgIpc) is 2.47. The van der Waals surface area contributed by atoms with Crippen LogP contribution in [0.2, 0.25) is 0 Å². The Morgan fingerprint density at radius 3 is 1.38 bits per heavy atom. The Morgan fingerprint density at radius 1 is 0.619 bits per heavy atom. The van der Waals surface area contributed by atoms with Gasteiger partial charge in [-0.2, -0.15) is 0 Å². The van der Waals surface area contributed by atoms with Crippen molar-refractivity contribution in [2.75, 3.05) is 26.3 Å². The van der Waals surface area contributed by atoms with Gasteiger partial charge in [-0.1, -0.05) is 0 Å². The van der Waals surface area contributed by atoms with Crippen molar-refractivity contribution in [3.05, 3.63) is 0 Å². The molecule has 0 aliphatic rings. The average molecular weight is 300 g/mol. The quantitative estimate of drug-likeness (QED) is 0.425. The molecule has 0 heterocycles. The third-order valence-electron chi connectivity index (χ3n) is 3.31. The number of hydrogen-bond acceptors (Lipinski definition) is 5. The van der Waals surface area contributed by atoms with E-state index in [1.165, 1.54) is 0 Å². The van der Waals surface area contributed by atoms with Crippen molar-refractivity contribution in [1.29, 1.82) is 0 Å². The first-order valence-electron chi connectivity index (χ1n) is 8.22. The summed E-state index contributed by atoms with van der Waals surface area (Å²) in [5, 5.41) is 0. The lowest BCUT2D eigenvalue weighted by molar-refractivity contribution is -0.120. The topological polar surface area (TPSA) is 95.4 Å². The number of nitrogens with two attached hydrogens (primary N) is 2. The Hall–Kier alpha value is -0.780. The van der Waals surface area contributed by atoms with E-state index in [4.69, 9.17) is 16.2 Å². The maximum Gasteiger partial charge on any atom is 0.132 e. The maximum atomic E-state index is 11.5. The fourth-order valence-electron chi connectivity index (χ4n) is 2.03. The highest BCUT2D eigenvalue weighted by atomic mass is 16.5. The Labute approximate surface area is 128 Å². The van der Waals surface area contributed by atoms with E-state index in [1.54, 1.807) is 0 Å². The minimum Gasteiger partial charge on any atom is -0.381 e. The summed E-state index contributed by atoms with van der Waals surface area (Å²) in [7, 11) is 0. The first kappa shape index (κ1) is 20.2. The van der Waals surface area contributed by atoms with Gasteiger partial charge in [0.05, 0.1) is 0 Å². The Bertz CT molecular complexity index is 244. The molecule has 5 nitrogen and oxygen atoms in total. The Kier molecular flexibility index (Phi) is 15.0. The van der Waals surface area contributed by atoms with Crippen LogP contribution in [-0.4, -0.2) is 37.9 Å². The fourth-order valence-corrected chi connectivity index (χ4v) is 2.03. The summed E-state index contributed by atoms with van der Waals surface area (Å²) < 4.78 is 5.44. The van der Waals surface area contributed by atoms with Gasteiger partial charge in [0.25, 0.3) is 0 Å². The van der Waals surface area contributed by atoms with Gasteiger partial charge >= 0.3 is 0 Å². The molecule has 0 aliphatic carbocycles. The number of carbonyl (C=O) groups is 2. The van der Waals surface area contributed by atoms with Crippen molar-refractivity contribution in [1.82, 2.24) is 0 Å². The van der Waals surface area contributed by atoms with Gasteiger partial charge in [-0.3, -0.25) is 9.59 Å². The molecule has 0 radical (unpaired) electrons. The second-order valence-electron chi connectivity index (χ2n) is 5.39. The van der Waals surface area contributed by atoms with Crippen molar-refractivity contribution >= 4 is 11.6 Å². The summed E-state index contributed by atoms with van der Waals surface area (Å²) in [5.74, 6) is 0.587. The monoisotopic (exact) mass is 300 g/mol. The molecule has 0 unspecified atom stereocenters. The van der Waals surface area contributed by atoms with Gasteiger partial charge in [-0.15, -0.1) is 0 Å². The van der Waals surface area contributed by atoms with Crippen LogP contribution in [0.3, 0.4) is 0 Å². The molecule has 0 aromatic heterocycles. The van der Waals surface area contributed by atoms with Crippen LogP contribution in [0.1, 0.15) is 64.2 Å². The number of ether oxygens (including phenoxy) is 1. The molecule has 124 valence electrons. The van der Waals surface area contributed by atoms with Gasteiger partial charge in [-0.05, 0) is 51.6 Å². The smallest absolute Gasteiger partial charge is 0.132 e. The summed E-state index contributed by atoms with van der Waals surface area (Å²) in [4.78, 5) is 22.9. The number of unbranched alkanes of at least 4 members (excludes halogenated alkanes) is 2. The molecule has 0 amide bonds. The van der Waals surface area contributed by atoms with Crippen LogP contribution < -0.4 is 11.5 Å². The molecule has 0 aromatic carbocycles. The van der Waals surface area contributed by atoms with E-state index in [2.05, 4.69) is 0 Å². The zero-order chi connectivity index (χ0) is 15.8. The van der Waals surface area contributed by atoms with Crippen LogP contribution >= 0.6 is 0 Å². The predicted molar refractivity (Wildman–Crippen MR) is 85.1 cm³/mol. The van der Waals surface area contributed by atoms with Gasteiger partial charge in [0, 0.05) is 38.9 Å². The summed E-state index contributed by atoms with van der Waals surface area (Å²) in [6.45, 7) is 2.51. The molecule has 21 heavy (non-hydrogen) atoms. The number of Topliss-reactive ketones (excluding diaryl/α,β-unsaturated/α-hetero) is 2. The van der Waals surface area contributed by atoms with Gasteiger partial charge in [0.1, 0.15) is 11.6 Å². The van der Waals surface area contributed by atoms with E-state index in [1.807, 2.05) is 0 Å². The third kappa shape index (κ3) is 15.4. The Morgan fingerprint density at radius 2 is 1.00 bits per heavy atom. The standard InChI is InChI=1S/C16H32N2O3/c17-11-3-1-7-15(19)9-5-13-21-14-6-10-16(20)8-2-4-12-18/h1-14,17-18H2. The molecule has 0 atom stereocenters. The van der Waals surface area contributed by atoms with E-state index >= 15 is 0 Å². The molecular formula is C16H32N2O3. The van der Waals surface area contributed by atoms with E-state index < -0.39 is 0 Å². The molecular weight excluding hydrogens is 268 g/mol. The third-order valence-corrected chi connectivity index (χ3v) is 3.31. The number of carbonyl (C=O) groups excluding carboxylic acids is 2. The van der Waals surface area contributed by atoms with Crippen LogP contribution in [0, 0.1) is 0 Å². The molecule has 0 aliphatic heterocycles. The van der Waals surface area contributed by atoms with Gasteiger partial charge in [-0.25, -0.2) is 0 Å². The maximum absolute atomic E-state index is 11.5. The molecule has 0 aromatic rings. The normalized spacial score (nSPS) is 10.8. The lowest BCUT2D eigenvalue weighted by atomic mass is 10.1. The molecule has 0 spiro atoms. The van der Waals surface area contributed by atoms with Crippen LogP contribution in [-0.2, 0) is 14.3 Å². The largest absolute Gasteiger partial charge is 0.381 e. The van der Waals surface area contributed by atoms with E-state index in [9.17, 15) is 9.59 Å².